The Labute approximate surface area is 86.2 Å². The van der Waals surface area contributed by atoms with E-state index in [1.54, 1.807) is 13.8 Å². The molecule has 1 amide bonds. The summed E-state index contributed by atoms with van der Waals surface area (Å²) in [5.41, 5.74) is 0. The minimum absolute atomic E-state index is 0.433. The molecule has 4 N–H and O–H groups in total. The molecule has 0 saturated carbocycles. The van der Waals surface area contributed by atoms with Gasteiger partial charge in [0.2, 0.25) is 5.91 Å². The van der Waals surface area contributed by atoms with Crippen molar-refractivity contribution in [2.75, 3.05) is 0 Å². The molecule has 0 saturated heterocycles. The molecule has 0 aromatic heterocycles. The number of carbonyl (C=O) groups excluding carboxylic acids is 1. The molecular weight excluding hydrogens is 208 g/mol. The van der Waals surface area contributed by atoms with Gasteiger partial charge in [-0.2, -0.15) is 0 Å². The highest BCUT2D eigenvalue weighted by Gasteiger charge is 2.38. The Morgan fingerprint density at radius 3 is 2.36 bits per heavy atom. The molecule has 0 unspecified atom stereocenters. The third-order valence-electron chi connectivity index (χ3n) is 1.64. The van der Waals surface area contributed by atoms with Crippen LogP contribution in [-0.2, 0) is 9.59 Å². The summed E-state index contributed by atoms with van der Waals surface area (Å²) in [6.07, 6.45) is 0. The van der Waals surface area contributed by atoms with Crippen LogP contribution >= 0.6 is 11.9 Å². The zero-order valence-corrected chi connectivity index (χ0v) is 9.05. The first-order valence-electron chi connectivity index (χ1n) is 3.92. The quantitative estimate of drug-likeness (QED) is 0.411. The SMILES string of the molecule is CC(=O)N[C@@H](C(=O)O)C(C)(C)S[NH2+][O-]. The van der Waals surface area contributed by atoms with Gasteiger partial charge in [-0.25, -0.2) is 4.79 Å². The van der Waals surface area contributed by atoms with Crippen LogP contribution in [0.2, 0.25) is 0 Å². The van der Waals surface area contributed by atoms with Gasteiger partial charge in [-0.15, -0.1) is 0 Å². The van der Waals surface area contributed by atoms with Crippen molar-refractivity contribution in [2.24, 2.45) is 0 Å². The Balaban J connectivity index is 4.62. The summed E-state index contributed by atoms with van der Waals surface area (Å²) in [6.45, 7) is 4.40. The summed E-state index contributed by atoms with van der Waals surface area (Å²) >= 11 is 0.836. The summed E-state index contributed by atoms with van der Waals surface area (Å²) in [7, 11) is 0. The molecule has 0 rings (SSSR count). The van der Waals surface area contributed by atoms with Crippen LogP contribution < -0.4 is 10.2 Å². The number of aliphatic carboxylic acids is 1. The van der Waals surface area contributed by atoms with Crippen LogP contribution in [-0.4, -0.2) is 27.8 Å². The van der Waals surface area contributed by atoms with Crippen LogP contribution in [0.3, 0.4) is 0 Å². The maximum Gasteiger partial charge on any atom is 0.327 e. The highest BCUT2D eigenvalue weighted by Crippen LogP contribution is 2.22. The predicted molar refractivity (Wildman–Crippen MR) is 52.2 cm³/mol. The lowest BCUT2D eigenvalue weighted by Crippen LogP contribution is -2.72. The molecule has 82 valence electrons. The lowest BCUT2D eigenvalue weighted by molar-refractivity contribution is -0.399. The van der Waals surface area contributed by atoms with Crippen LogP contribution in [0.5, 0.6) is 0 Å². The van der Waals surface area contributed by atoms with Gasteiger partial charge in [-0.05, 0) is 13.8 Å². The fourth-order valence-corrected chi connectivity index (χ4v) is 1.47. The molecule has 0 aliphatic carbocycles. The molecule has 7 heteroatoms. The number of hydrogen-bond donors (Lipinski definition) is 3. The van der Waals surface area contributed by atoms with E-state index >= 15 is 0 Å². The summed E-state index contributed by atoms with van der Waals surface area (Å²) in [5, 5.41) is 21.4. The first-order chi connectivity index (χ1) is 6.31. The topological polar surface area (TPSA) is 106 Å². The van der Waals surface area contributed by atoms with Crippen molar-refractivity contribution in [1.82, 2.24) is 5.32 Å². The number of hydrogen-bond acceptors (Lipinski definition) is 4. The second-order valence-electron chi connectivity index (χ2n) is 3.29. The van der Waals surface area contributed by atoms with E-state index in [0.29, 0.717) is 4.89 Å². The van der Waals surface area contributed by atoms with Crippen LogP contribution in [0.1, 0.15) is 20.8 Å². The molecule has 0 bridgehead atoms. The van der Waals surface area contributed by atoms with Gasteiger partial charge in [-0.1, -0.05) is 0 Å². The van der Waals surface area contributed by atoms with Gasteiger partial charge < -0.3 is 20.5 Å². The second kappa shape index (κ2) is 5.18. The Morgan fingerprint density at radius 1 is 1.57 bits per heavy atom. The van der Waals surface area contributed by atoms with Crippen LogP contribution in [0.15, 0.2) is 0 Å². The normalized spacial score (nSPS) is 13.4. The summed E-state index contributed by atoms with van der Waals surface area (Å²) < 4.78 is -0.862. The Morgan fingerprint density at radius 2 is 2.07 bits per heavy atom. The molecule has 0 spiro atoms. The van der Waals surface area contributed by atoms with Crippen molar-refractivity contribution in [2.45, 2.75) is 31.6 Å². The van der Waals surface area contributed by atoms with Crippen molar-refractivity contribution < 1.29 is 19.6 Å². The summed E-state index contributed by atoms with van der Waals surface area (Å²) in [4.78, 5) is 22.1. The van der Waals surface area contributed by atoms with E-state index in [1.807, 2.05) is 0 Å². The van der Waals surface area contributed by atoms with Crippen LogP contribution in [0.25, 0.3) is 0 Å². The summed E-state index contributed by atoms with van der Waals surface area (Å²) in [5.74, 6) is -1.59. The molecule has 0 aromatic carbocycles. The third kappa shape index (κ3) is 3.95. The highest BCUT2D eigenvalue weighted by atomic mass is 32.2. The van der Waals surface area contributed by atoms with E-state index in [0.717, 1.165) is 11.9 Å². The van der Waals surface area contributed by atoms with Gasteiger partial charge in [0.1, 0.15) is 6.04 Å². The van der Waals surface area contributed by atoms with Crippen LogP contribution in [0.4, 0.5) is 0 Å². The molecule has 0 aromatic rings. The Bertz CT molecular complexity index is 232. The first-order valence-corrected chi connectivity index (χ1v) is 4.80. The van der Waals surface area contributed by atoms with E-state index in [1.165, 1.54) is 6.92 Å². The maximum absolute atomic E-state index is 10.8. The largest absolute Gasteiger partial charge is 0.623 e. The average molecular weight is 222 g/mol. The third-order valence-corrected chi connectivity index (χ3v) is 2.58. The maximum atomic E-state index is 10.8. The first kappa shape index (κ1) is 13.2. The van der Waals surface area contributed by atoms with Gasteiger partial charge in [0.25, 0.3) is 0 Å². The minimum Gasteiger partial charge on any atom is -0.623 e. The molecule has 6 nitrogen and oxygen atoms in total. The number of quaternary nitrogens is 1. The highest BCUT2D eigenvalue weighted by molar-refractivity contribution is 7.94. The molecule has 0 fully saturated rings. The molecule has 0 heterocycles. The van der Waals surface area contributed by atoms with E-state index in [9.17, 15) is 14.8 Å². The van der Waals surface area contributed by atoms with Gasteiger partial charge in [0.15, 0.2) is 0 Å². The van der Waals surface area contributed by atoms with Gasteiger partial charge in [0, 0.05) is 6.92 Å². The Kier molecular flexibility index (Phi) is 4.89. The number of carboxylic acid groups (broad SMARTS) is 1. The number of nitrogens with one attached hydrogen (secondary N) is 1. The van der Waals surface area contributed by atoms with Crippen LogP contribution in [0, 0.1) is 5.21 Å². The van der Waals surface area contributed by atoms with Gasteiger partial charge >= 0.3 is 5.97 Å². The molecule has 0 aliphatic heterocycles. The molecular formula is C7H14N2O4S. The van der Waals surface area contributed by atoms with Crippen molar-refractivity contribution in [3.05, 3.63) is 5.21 Å². The molecule has 0 aliphatic rings. The molecule has 0 radical (unpaired) electrons. The lowest BCUT2D eigenvalue weighted by atomic mass is 10.0. The zero-order chi connectivity index (χ0) is 11.4. The van der Waals surface area contributed by atoms with Crippen molar-refractivity contribution in [3.8, 4) is 0 Å². The smallest absolute Gasteiger partial charge is 0.327 e. The zero-order valence-electron chi connectivity index (χ0n) is 8.23. The average Bonchev–Trinajstić information content (AvgIpc) is 1.99. The van der Waals surface area contributed by atoms with E-state index in [-0.39, 0.29) is 0 Å². The standard InChI is InChI=1S/C7H14N2O4S/c1-4(10)8-5(6(11)12)7(2,3)14-9-13/h5H,9H2,1-3H3,(H,8,10)(H,11,12)/t5-/m0/s1. The van der Waals surface area contributed by atoms with Gasteiger partial charge in [0.05, 0.1) is 16.7 Å². The van der Waals surface area contributed by atoms with Crippen molar-refractivity contribution in [3.63, 3.8) is 0 Å². The fourth-order valence-electron chi connectivity index (χ4n) is 0.928. The number of carboxylic acids is 1. The minimum atomic E-state index is -1.15. The number of rotatable bonds is 5. The number of amides is 1. The number of carbonyl (C=O) groups is 2. The monoisotopic (exact) mass is 222 g/mol. The predicted octanol–water partition coefficient (Wildman–Crippen LogP) is -0.936. The summed E-state index contributed by atoms with van der Waals surface area (Å²) in [6, 6.07) is -1.07. The van der Waals surface area contributed by atoms with E-state index in [4.69, 9.17) is 5.11 Å². The van der Waals surface area contributed by atoms with Crippen molar-refractivity contribution >= 4 is 23.8 Å². The number of nitrogens with two attached hydrogens (primary N) is 1. The molecule has 14 heavy (non-hydrogen) atoms. The fraction of sp³-hybridized carbons (Fsp3) is 0.714. The Hall–Kier alpha value is -0.790. The molecule has 1 atom stereocenters. The van der Waals surface area contributed by atoms with Gasteiger partial charge in [-0.3, -0.25) is 4.79 Å². The van der Waals surface area contributed by atoms with E-state index < -0.39 is 22.7 Å². The second-order valence-corrected chi connectivity index (χ2v) is 4.77. The lowest BCUT2D eigenvalue weighted by Gasteiger charge is -2.28. The van der Waals surface area contributed by atoms with Crippen molar-refractivity contribution in [1.29, 1.82) is 0 Å². The van der Waals surface area contributed by atoms with E-state index in [2.05, 4.69) is 5.32 Å².